The highest BCUT2D eigenvalue weighted by Crippen LogP contribution is 2.60. The van der Waals surface area contributed by atoms with Crippen LogP contribution in [0.15, 0.2) is 278 Å². The van der Waals surface area contributed by atoms with Gasteiger partial charge in [0.05, 0.1) is 16.5 Å². The van der Waals surface area contributed by atoms with Crippen LogP contribution in [0, 0.1) is 25.5 Å². The number of hydrogen-bond donors (Lipinski definition) is 0. The van der Waals surface area contributed by atoms with E-state index in [4.69, 9.17) is 13.9 Å². The Kier molecular flexibility index (Phi) is 12.4. The van der Waals surface area contributed by atoms with Crippen molar-refractivity contribution in [1.29, 1.82) is 0 Å². The number of benzene rings is 12. The van der Waals surface area contributed by atoms with E-state index in [0.717, 1.165) is 111 Å². The number of para-hydroxylation sites is 2. The highest BCUT2D eigenvalue weighted by molar-refractivity contribution is 6.10. The molecule has 4 nitrogen and oxygen atoms in total. The van der Waals surface area contributed by atoms with Gasteiger partial charge < -0.3 is 18.8 Å². The van der Waals surface area contributed by atoms with Crippen LogP contribution < -0.4 is 14.4 Å². The number of ether oxygens (including phenoxy) is 2. The molecule has 6 heteroatoms. The molecule has 0 fully saturated rings. The summed E-state index contributed by atoms with van der Waals surface area (Å²) < 4.78 is 52.9. The van der Waals surface area contributed by atoms with Crippen molar-refractivity contribution >= 4 is 51.2 Å². The summed E-state index contributed by atoms with van der Waals surface area (Å²) in [7, 11) is 0. The third-order valence-electron chi connectivity index (χ3n) is 17.7. The summed E-state index contributed by atoms with van der Waals surface area (Å²) >= 11 is 0. The summed E-state index contributed by atoms with van der Waals surface area (Å²) in [5, 5.41) is 1.97. The molecule has 2 atom stereocenters. The largest absolute Gasteiger partial charge is 0.457 e. The van der Waals surface area contributed by atoms with Gasteiger partial charge in [-0.15, -0.1) is 0 Å². The van der Waals surface area contributed by atoms with Gasteiger partial charge >= 0.3 is 0 Å². The van der Waals surface area contributed by atoms with Gasteiger partial charge in [0.1, 0.15) is 40.2 Å². The lowest BCUT2D eigenvalue weighted by Crippen LogP contribution is -2.29. The average molecular weight is 1120 g/mol. The molecule has 1 heterocycles. The number of aryl methyl sites for hydroxylation is 2. The first kappa shape index (κ1) is 52.0. The SMILES string of the molecule is C=Cc1ccc(Oc2ccc(C3(c4ccc(C)c(F)c4)c4ccccc4-c4ccc(N(c5ccc6c(c5)C(c5ccc(Oc7ccc(C=C)cc7)cc5)(c5ccc(C)c(F)c5)c5ccccc5-6)c5cccc6c5oc5ccccc56)cc43)cc2)cc1. The van der Waals surface area contributed by atoms with Crippen LogP contribution in [0.2, 0.25) is 0 Å². The maximum Gasteiger partial charge on any atom is 0.159 e. The molecule has 2 aliphatic carbocycles. The molecule has 12 aromatic carbocycles. The molecule has 0 aliphatic heterocycles. The predicted molar refractivity (Wildman–Crippen MR) is 346 cm³/mol. The molecule has 0 radical (unpaired) electrons. The van der Waals surface area contributed by atoms with E-state index in [1.807, 2.05) is 115 Å². The summed E-state index contributed by atoms with van der Waals surface area (Å²) in [6, 6.07) is 88.2. The maximum absolute atomic E-state index is 16.5. The van der Waals surface area contributed by atoms with Crippen molar-refractivity contribution in [3.8, 4) is 45.3 Å². The number of furan rings is 1. The van der Waals surface area contributed by atoms with Gasteiger partial charge in [-0.3, -0.25) is 0 Å². The van der Waals surface area contributed by atoms with E-state index < -0.39 is 10.8 Å². The van der Waals surface area contributed by atoms with Gasteiger partial charge in [-0.1, -0.05) is 189 Å². The van der Waals surface area contributed by atoms with Gasteiger partial charge in [0.15, 0.2) is 5.58 Å². The van der Waals surface area contributed by atoms with Crippen LogP contribution in [-0.4, -0.2) is 0 Å². The van der Waals surface area contributed by atoms with Crippen molar-refractivity contribution in [3.63, 3.8) is 0 Å². The van der Waals surface area contributed by atoms with Crippen molar-refractivity contribution in [3.05, 3.63) is 352 Å². The van der Waals surface area contributed by atoms with Crippen LogP contribution in [0.5, 0.6) is 23.0 Å². The molecular weight excluding hydrogens is 1060 g/mol. The maximum atomic E-state index is 16.5. The summed E-state index contributed by atoms with van der Waals surface area (Å²) in [5.41, 5.74) is 16.7. The number of fused-ring (bicyclic) bond motifs is 9. The average Bonchev–Trinajstić information content (AvgIpc) is 1.55. The van der Waals surface area contributed by atoms with Gasteiger partial charge in [0.25, 0.3) is 0 Å². The zero-order valence-corrected chi connectivity index (χ0v) is 47.3. The van der Waals surface area contributed by atoms with E-state index in [1.165, 1.54) is 0 Å². The lowest BCUT2D eigenvalue weighted by Gasteiger charge is -2.36. The molecule has 0 N–H and O–H groups in total. The molecule has 0 bridgehead atoms. The third kappa shape index (κ3) is 8.16. The van der Waals surface area contributed by atoms with Crippen molar-refractivity contribution in [1.82, 2.24) is 0 Å². The Balaban J connectivity index is 0.968. The minimum Gasteiger partial charge on any atom is -0.457 e. The summed E-state index contributed by atoms with van der Waals surface area (Å²) in [6.07, 6.45) is 3.62. The highest BCUT2D eigenvalue weighted by atomic mass is 19.1. The van der Waals surface area contributed by atoms with E-state index >= 15 is 8.78 Å². The van der Waals surface area contributed by atoms with Crippen LogP contribution in [0.25, 0.3) is 56.3 Å². The zero-order chi connectivity index (χ0) is 58.3. The fourth-order valence-electron chi connectivity index (χ4n) is 13.5. The molecule has 0 amide bonds. The zero-order valence-electron chi connectivity index (χ0n) is 47.3. The predicted octanol–water partition coefficient (Wildman–Crippen LogP) is 21.5. The Labute approximate surface area is 498 Å². The molecule has 0 saturated heterocycles. The number of anilines is 3. The second-order valence-electron chi connectivity index (χ2n) is 22.4. The monoisotopic (exact) mass is 1120 g/mol. The molecular formula is C80H55F2NO3. The first-order valence-electron chi connectivity index (χ1n) is 28.9. The van der Waals surface area contributed by atoms with Gasteiger partial charge in [-0.25, -0.2) is 8.78 Å². The second-order valence-corrected chi connectivity index (χ2v) is 22.4. The Morgan fingerprint density at radius 2 is 0.791 bits per heavy atom. The first-order chi connectivity index (χ1) is 42.1. The Morgan fingerprint density at radius 1 is 0.384 bits per heavy atom. The number of halogens is 2. The number of nitrogens with zero attached hydrogens (tertiary/aromatic N) is 1. The Morgan fingerprint density at radius 3 is 1.26 bits per heavy atom. The van der Waals surface area contributed by atoms with Crippen LogP contribution in [0.1, 0.15) is 66.8 Å². The minimum absolute atomic E-state index is 0.290. The fraction of sp³-hybridized carbons (Fsp3) is 0.0500. The van der Waals surface area contributed by atoms with Crippen molar-refractivity contribution in [2.75, 3.05) is 4.90 Å². The topological polar surface area (TPSA) is 34.8 Å². The molecule has 13 aromatic rings. The standard InChI is InChI=1S/C80H55F2NO3/c1-5-52-24-36-60(37-25-52)84-62-40-30-54(31-41-62)79(56-28-22-50(3)74(81)46-56)70-18-10-7-14-64(70)66-44-34-58(48-72(66)79)83(76-20-13-17-69-68-16-9-12-21-77(68)86-78(69)76)59-35-45-67-65-15-8-11-19-71(65)80(73(67)49-59,57-29-23-51(4)75(82)47-57)55-32-42-63(43-33-55)85-61-38-26-53(6-2)27-39-61/h5-49H,1-2H2,3-4H3. The number of rotatable bonds is 13. The van der Waals surface area contributed by atoms with Gasteiger partial charge in [0.2, 0.25) is 0 Å². The van der Waals surface area contributed by atoms with Crippen LogP contribution in [-0.2, 0) is 10.8 Å². The van der Waals surface area contributed by atoms with E-state index in [1.54, 1.807) is 26.0 Å². The molecule has 1 aromatic heterocycles. The Bertz CT molecular complexity index is 4600. The van der Waals surface area contributed by atoms with Crippen molar-refractivity contribution in [2.24, 2.45) is 0 Å². The fourth-order valence-corrected chi connectivity index (χ4v) is 13.5. The van der Waals surface area contributed by atoms with Crippen molar-refractivity contribution < 1.29 is 22.7 Å². The minimum atomic E-state index is -1.01. The first-order valence-corrected chi connectivity index (χ1v) is 28.9. The molecule has 412 valence electrons. The van der Waals surface area contributed by atoms with Crippen LogP contribution in [0.4, 0.5) is 25.8 Å². The van der Waals surface area contributed by atoms with E-state index in [0.29, 0.717) is 39.7 Å². The lowest BCUT2D eigenvalue weighted by molar-refractivity contribution is 0.482. The molecule has 86 heavy (non-hydrogen) atoms. The van der Waals surface area contributed by atoms with Gasteiger partial charge in [0, 0.05) is 22.1 Å². The molecule has 0 saturated carbocycles. The van der Waals surface area contributed by atoms with Gasteiger partial charge in [-0.2, -0.15) is 0 Å². The van der Waals surface area contributed by atoms with Crippen LogP contribution in [0.3, 0.4) is 0 Å². The molecule has 2 aliphatic rings. The number of hydrogen-bond acceptors (Lipinski definition) is 4. The smallest absolute Gasteiger partial charge is 0.159 e. The van der Waals surface area contributed by atoms with Crippen LogP contribution >= 0.6 is 0 Å². The van der Waals surface area contributed by atoms with E-state index in [9.17, 15) is 0 Å². The normalized spacial score (nSPS) is 15.4. The van der Waals surface area contributed by atoms with Crippen molar-refractivity contribution in [2.45, 2.75) is 24.7 Å². The van der Waals surface area contributed by atoms with E-state index in [2.05, 4.69) is 164 Å². The lowest BCUT2D eigenvalue weighted by atomic mass is 9.67. The summed E-state index contributed by atoms with van der Waals surface area (Å²) in [5.74, 6) is 2.15. The third-order valence-corrected chi connectivity index (χ3v) is 17.7. The molecule has 2 unspecified atom stereocenters. The highest BCUT2D eigenvalue weighted by Gasteiger charge is 2.49. The Hall–Kier alpha value is -10.8. The van der Waals surface area contributed by atoms with E-state index in [-0.39, 0.29) is 11.6 Å². The second kappa shape index (κ2) is 20.5. The van der Waals surface area contributed by atoms with Gasteiger partial charge in [-0.05, 0) is 200 Å². The quantitative estimate of drug-likeness (QED) is 0.115. The summed E-state index contributed by atoms with van der Waals surface area (Å²) in [6.45, 7) is 11.4. The molecule has 15 rings (SSSR count). The molecule has 0 spiro atoms. The summed E-state index contributed by atoms with van der Waals surface area (Å²) in [4.78, 5) is 2.29.